The molecular formula is C27H30FN3O5S. The maximum atomic E-state index is 13.5. The smallest absolute Gasteiger partial charge is 0.264 e. The first-order valence-electron chi connectivity index (χ1n) is 11.8. The molecular weight excluding hydrogens is 497 g/mol. The summed E-state index contributed by atoms with van der Waals surface area (Å²) in [5.74, 6) is -0.826. The molecule has 0 aliphatic carbocycles. The van der Waals surface area contributed by atoms with Gasteiger partial charge in [-0.3, -0.25) is 13.9 Å². The van der Waals surface area contributed by atoms with Crippen LogP contribution in [0.5, 0.6) is 5.75 Å². The quantitative estimate of drug-likeness (QED) is 0.384. The third kappa shape index (κ3) is 7.29. The largest absolute Gasteiger partial charge is 0.494 e. The van der Waals surface area contributed by atoms with E-state index in [9.17, 15) is 22.4 Å². The number of rotatable bonds is 11. The Labute approximate surface area is 216 Å². The van der Waals surface area contributed by atoms with Gasteiger partial charge in [-0.2, -0.15) is 0 Å². The van der Waals surface area contributed by atoms with Crippen LogP contribution in [-0.2, 0) is 14.8 Å². The summed E-state index contributed by atoms with van der Waals surface area (Å²) in [7, 11) is -4.24. The van der Waals surface area contributed by atoms with Gasteiger partial charge < -0.3 is 15.4 Å². The third-order valence-corrected chi connectivity index (χ3v) is 7.03. The van der Waals surface area contributed by atoms with Gasteiger partial charge in [0.1, 0.15) is 18.1 Å². The molecule has 0 fully saturated rings. The molecule has 3 rings (SSSR count). The van der Waals surface area contributed by atoms with Crippen molar-refractivity contribution >= 4 is 33.2 Å². The fraction of sp³-hybridized carbons (Fsp3) is 0.259. The maximum absolute atomic E-state index is 13.5. The van der Waals surface area contributed by atoms with Gasteiger partial charge >= 0.3 is 0 Å². The van der Waals surface area contributed by atoms with E-state index in [1.165, 1.54) is 12.1 Å². The molecule has 3 aromatic rings. The molecule has 0 spiro atoms. The van der Waals surface area contributed by atoms with Crippen molar-refractivity contribution in [3.05, 3.63) is 84.2 Å². The second-order valence-corrected chi connectivity index (χ2v) is 10.5. The third-order valence-electron chi connectivity index (χ3n) is 5.24. The van der Waals surface area contributed by atoms with Gasteiger partial charge in [0, 0.05) is 6.54 Å². The van der Waals surface area contributed by atoms with Crippen LogP contribution in [0.3, 0.4) is 0 Å². The van der Waals surface area contributed by atoms with Crippen LogP contribution in [0.2, 0.25) is 0 Å². The first kappa shape index (κ1) is 27.7. The summed E-state index contributed by atoms with van der Waals surface area (Å²) >= 11 is 0. The number of nitrogens with zero attached hydrogens (tertiary/aromatic N) is 1. The zero-order valence-electron chi connectivity index (χ0n) is 20.9. The number of para-hydroxylation sites is 1. The van der Waals surface area contributed by atoms with Crippen molar-refractivity contribution in [1.29, 1.82) is 0 Å². The highest BCUT2D eigenvalue weighted by atomic mass is 32.2. The van der Waals surface area contributed by atoms with Gasteiger partial charge in [0.15, 0.2) is 0 Å². The summed E-state index contributed by atoms with van der Waals surface area (Å²) in [6.07, 6.45) is 0. The lowest BCUT2D eigenvalue weighted by Crippen LogP contribution is -2.38. The van der Waals surface area contributed by atoms with Crippen LogP contribution in [0, 0.1) is 11.7 Å². The lowest BCUT2D eigenvalue weighted by Gasteiger charge is -2.24. The van der Waals surface area contributed by atoms with Crippen molar-refractivity contribution in [1.82, 2.24) is 5.32 Å². The minimum Gasteiger partial charge on any atom is -0.494 e. The van der Waals surface area contributed by atoms with Crippen LogP contribution < -0.4 is 19.7 Å². The number of sulfonamides is 1. The molecule has 0 atom stereocenters. The summed E-state index contributed by atoms with van der Waals surface area (Å²) in [5, 5.41) is 5.46. The molecule has 0 saturated heterocycles. The van der Waals surface area contributed by atoms with E-state index in [1.54, 1.807) is 36.4 Å². The van der Waals surface area contributed by atoms with Crippen LogP contribution in [0.25, 0.3) is 0 Å². The first-order chi connectivity index (χ1) is 17.6. The predicted octanol–water partition coefficient (Wildman–Crippen LogP) is 4.44. The van der Waals surface area contributed by atoms with Gasteiger partial charge in [0.25, 0.3) is 15.9 Å². The highest BCUT2D eigenvalue weighted by Crippen LogP contribution is 2.26. The van der Waals surface area contributed by atoms with Crippen molar-refractivity contribution in [3.63, 3.8) is 0 Å². The summed E-state index contributed by atoms with van der Waals surface area (Å²) in [5.41, 5.74) is 0.718. The Morgan fingerprint density at radius 2 is 1.62 bits per heavy atom. The minimum atomic E-state index is -4.24. The number of hydrogen-bond donors (Lipinski definition) is 2. The van der Waals surface area contributed by atoms with E-state index in [2.05, 4.69) is 10.6 Å². The van der Waals surface area contributed by atoms with Gasteiger partial charge in [-0.1, -0.05) is 26.0 Å². The van der Waals surface area contributed by atoms with Gasteiger partial charge in [0.2, 0.25) is 5.91 Å². The van der Waals surface area contributed by atoms with E-state index < -0.39 is 28.3 Å². The van der Waals surface area contributed by atoms with Gasteiger partial charge in [-0.15, -0.1) is 0 Å². The highest BCUT2D eigenvalue weighted by molar-refractivity contribution is 7.92. The number of anilines is 2. The summed E-state index contributed by atoms with van der Waals surface area (Å²) in [6.45, 7) is 6.06. The van der Waals surface area contributed by atoms with E-state index in [4.69, 9.17) is 4.74 Å². The number of nitrogens with one attached hydrogen (secondary N) is 2. The molecule has 0 radical (unpaired) electrons. The van der Waals surface area contributed by atoms with E-state index in [0.29, 0.717) is 18.9 Å². The number of amides is 2. The number of ether oxygens (including phenoxy) is 1. The SMILES string of the molecule is CCOc1ccc(N(CC(=O)Nc2ccccc2C(=O)NCC(C)C)S(=O)(=O)c2ccc(F)cc2)cc1. The summed E-state index contributed by atoms with van der Waals surface area (Å²) < 4.78 is 46.8. The van der Waals surface area contributed by atoms with Crippen LogP contribution >= 0.6 is 0 Å². The molecule has 10 heteroatoms. The molecule has 2 amide bonds. The Morgan fingerprint density at radius 1 is 0.973 bits per heavy atom. The molecule has 2 N–H and O–H groups in total. The normalized spacial score (nSPS) is 11.2. The second-order valence-electron chi connectivity index (χ2n) is 8.59. The molecule has 3 aromatic carbocycles. The summed E-state index contributed by atoms with van der Waals surface area (Å²) in [6, 6.07) is 17.1. The Balaban J connectivity index is 1.90. The lowest BCUT2D eigenvalue weighted by atomic mass is 10.1. The van der Waals surface area contributed by atoms with Crippen molar-refractivity contribution in [2.24, 2.45) is 5.92 Å². The molecule has 0 aliphatic rings. The minimum absolute atomic E-state index is 0.177. The highest BCUT2D eigenvalue weighted by Gasteiger charge is 2.28. The zero-order valence-corrected chi connectivity index (χ0v) is 21.7. The van der Waals surface area contributed by atoms with Crippen molar-refractivity contribution in [2.45, 2.75) is 25.7 Å². The van der Waals surface area contributed by atoms with Crippen molar-refractivity contribution in [3.8, 4) is 5.75 Å². The van der Waals surface area contributed by atoms with Crippen LogP contribution in [0.4, 0.5) is 15.8 Å². The molecule has 0 heterocycles. The monoisotopic (exact) mass is 527 g/mol. The molecule has 37 heavy (non-hydrogen) atoms. The molecule has 0 aromatic heterocycles. The van der Waals surface area contributed by atoms with Crippen LogP contribution in [-0.4, -0.2) is 39.9 Å². The van der Waals surface area contributed by atoms with E-state index >= 15 is 0 Å². The van der Waals surface area contributed by atoms with Gasteiger partial charge in [0.05, 0.1) is 28.4 Å². The summed E-state index contributed by atoms with van der Waals surface area (Å²) in [4.78, 5) is 25.6. The van der Waals surface area contributed by atoms with Gasteiger partial charge in [-0.05, 0) is 73.5 Å². The number of hydrogen-bond acceptors (Lipinski definition) is 5. The topological polar surface area (TPSA) is 105 Å². The zero-order chi connectivity index (χ0) is 27.0. The average Bonchev–Trinajstić information content (AvgIpc) is 2.87. The van der Waals surface area contributed by atoms with Crippen molar-refractivity contribution < 1.29 is 27.1 Å². The fourth-order valence-electron chi connectivity index (χ4n) is 3.43. The van der Waals surface area contributed by atoms with Gasteiger partial charge in [-0.25, -0.2) is 12.8 Å². The molecule has 8 nitrogen and oxygen atoms in total. The second kappa shape index (κ2) is 12.4. The van der Waals surface area contributed by atoms with Crippen molar-refractivity contribution in [2.75, 3.05) is 29.3 Å². The number of carbonyl (C=O) groups is 2. The predicted molar refractivity (Wildman–Crippen MR) is 141 cm³/mol. The molecule has 0 unspecified atom stereocenters. The molecule has 0 aliphatic heterocycles. The van der Waals surface area contributed by atoms with Crippen LogP contribution in [0.15, 0.2) is 77.7 Å². The molecule has 0 bridgehead atoms. The van der Waals surface area contributed by atoms with E-state index in [1.807, 2.05) is 20.8 Å². The maximum Gasteiger partial charge on any atom is 0.264 e. The lowest BCUT2D eigenvalue weighted by molar-refractivity contribution is -0.114. The molecule has 0 saturated carbocycles. The number of carbonyl (C=O) groups excluding carboxylic acids is 2. The van der Waals surface area contributed by atoms with E-state index in [0.717, 1.165) is 28.6 Å². The Morgan fingerprint density at radius 3 is 2.24 bits per heavy atom. The number of halogens is 1. The Bertz CT molecular complexity index is 1330. The first-order valence-corrected chi connectivity index (χ1v) is 13.2. The average molecular weight is 528 g/mol. The standard InChI is InChI=1S/C27H30FN3O5S/c1-4-36-22-13-11-21(12-14-22)31(37(34,35)23-15-9-20(28)10-16-23)18-26(32)30-25-8-6-5-7-24(25)27(33)29-17-19(2)3/h5-16,19H,4,17-18H2,1-3H3,(H,29,33)(H,30,32). The van der Waals surface area contributed by atoms with E-state index in [-0.39, 0.29) is 33.7 Å². The number of benzene rings is 3. The Hall–Kier alpha value is -3.92. The fourth-order valence-corrected chi connectivity index (χ4v) is 4.85. The molecule has 196 valence electrons. The Kier molecular flexibility index (Phi) is 9.24. The van der Waals surface area contributed by atoms with Crippen LogP contribution in [0.1, 0.15) is 31.1 Å².